The Morgan fingerprint density at radius 1 is 0.977 bits per heavy atom. The largest absolute Gasteiger partial charge is 0.496 e. The number of halogens is 1. The SMILES string of the molecule is C1CCNC1.COc1ccc(CCC(CCNC=O)Oc2cc(F)cc(N3CC4(CCNCC4)C3)c2)cc1C1CCCCC1. The molecule has 1 aliphatic carbocycles. The maximum atomic E-state index is 14.7. The van der Waals surface area contributed by atoms with Gasteiger partial charge in [0.1, 0.15) is 23.4 Å². The lowest BCUT2D eigenvalue weighted by molar-refractivity contribution is -0.109. The Morgan fingerprint density at radius 2 is 1.73 bits per heavy atom. The number of ether oxygens (including phenoxy) is 2. The van der Waals surface area contributed by atoms with Crippen LogP contribution in [0.25, 0.3) is 0 Å². The number of piperidine rings is 1. The molecule has 1 amide bonds. The van der Waals surface area contributed by atoms with Gasteiger partial charge < -0.3 is 30.3 Å². The van der Waals surface area contributed by atoms with E-state index in [4.69, 9.17) is 9.47 Å². The first-order chi connectivity index (χ1) is 21.6. The minimum atomic E-state index is -0.272. The van der Waals surface area contributed by atoms with Gasteiger partial charge in [-0.25, -0.2) is 4.39 Å². The molecule has 1 unspecified atom stereocenters. The molecule has 4 fully saturated rings. The van der Waals surface area contributed by atoms with Crippen LogP contribution >= 0.6 is 0 Å². The fourth-order valence-corrected chi connectivity index (χ4v) is 7.40. The van der Waals surface area contributed by atoms with Crippen molar-refractivity contribution in [2.75, 3.05) is 57.8 Å². The van der Waals surface area contributed by atoms with Crippen molar-refractivity contribution in [3.63, 3.8) is 0 Å². The Bertz CT molecular complexity index is 1160. The third kappa shape index (κ3) is 9.10. The van der Waals surface area contributed by atoms with Gasteiger partial charge in [-0.15, -0.1) is 0 Å². The summed E-state index contributed by atoms with van der Waals surface area (Å²) in [4.78, 5) is 13.2. The molecular weight excluding hydrogens is 555 g/mol. The van der Waals surface area contributed by atoms with Crippen LogP contribution in [0.3, 0.4) is 0 Å². The van der Waals surface area contributed by atoms with Crippen LogP contribution in [-0.4, -0.2) is 65.4 Å². The highest BCUT2D eigenvalue weighted by Gasteiger charge is 2.43. The minimum absolute atomic E-state index is 0.139. The Kier molecular flexibility index (Phi) is 12.2. The summed E-state index contributed by atoms with van der Waals surface area (Å²) in [7, 11) is 1.75. The molecule has 3 heterocycles. The number of carbonyl (C=O) groups excluding carboxylic acids is 1. The number of carbonyl (C=O) groups is 1. The highest BCUT2D eigenvalue weighted by Crippen LogP contribution is 2.42. The summed E-state index contributed by atoms with van der Waals surface area (Å²) in [6.07, 6.45) is 14.3. The minimum Gasteiger partial charge on any atom is -0.496 e. The van der Waals surface area contributed by atoms with Crippen LogP contribution < -0.4 is 30.3 Å². The number of rotatable bonds is 12. The van der Waals surface area contributed by atoms with E-state index in [0.29, 0.717) is 30.0 Å². The average Bonchev–Trinajstić information content (AvgIpc) is 3.64. The number of methoxy groups -OCH3 is 1. The summed E-state index contributed by atoms with van der Waals surface area (Å²) in [5.74, 6) is 1.84. The van der Waals surface area contributed by atoms with E-state index in [1.807, 2.05) is 6.07 Å². The molecule has 2 aromatic rings. The van der Waals surface area contributed by atoms with Crippen LogP contribution in [0.4, 0.5) is 10.1 Å². The molecular formula is C36H53FN4O3. The van der Waals surface area contributed by atoms with Gasteiger partial charge in [0.15, 0.2) is 0 Å². The third-order valence-corrected chi connectivity index (χ3v) is 9.99. The second-order valence-corrected chi connectivity index (χ2v) is 13.3. The van der Waals surface area contributed by atoms with Crippen molar-refractivity contribution in [2.45, 2.75) is 89.1 Å². The van der Waals surface area contributed by atoms with Crippen molar-refractivity contribution in [2.24, 2.45) is 5.41 Å². The van der Waals surface area contributed by atoms with Crippen LogP contribution in [0.15, 0.2) is 36.4 Å². The van der Waals surface area contributed by atoms with Gasteiger partial charge >= 0.3 is 0 Å². The van der Waals surface area contributed by atoms with Crippen molar-refractivity contribution in [1.82, 2.24) is 16.0 Å². The zero-order chi connectivity index (χ0) is 30.6. The van der Waals surface area contributed by atoms with Crippen LogP contribution in [0, 0.1) is 11.2 Å². The summed E-state index contributed by atoms with van der Waals surface area (Å²) < 4.78 is 26.8. The highest BCUT2D eigenvalue weighted by molar-refractivity contribution is 5.54. The highest BCUT2D eigenvalue weighted by atomic mass is 19.1. The molecule has 2 aromatic carbocycles. The second-order valence-electron chi connectivity index (χ2n) is 13.3. The summed E-state index contributed by atoms with van der Waals surface area (Å²) in [5.41, 5.74) is 3.86. The Hall–Kier alpha value is -2.84. The van der Waals surface area contributed by atoms with E-state index in [-0.39, 0.29) is 11.9 Å². The van der Waals surface area contributed by atoms with Gasteiger partial charge in [-0.2, -0.15) is 0 Å². The quantitative estimate of drug-likeness (QED) is 0.204. The van der Waals surface area contributed by atoms with E-state index in [2.05, 4.69) is 39.0 Å². The van der Waals surface area contributed by atoms with Crippen LogP contribution in [-0.2, 0) is 11.2 Å². The first kappa shape index (κ1) is 32.6. The van der Waals surface area contributed by atoms with E-state index in [1.165, 1.54) is 88.1 Å². The number of hydrogen-bond acceptors (Lipinski definition) is 6. The van der Waals surface area contributed by atoms with Crippen molar-refractivity contribution in [1.29, 1.82) is 0 Å². The number of benzene rings is 2. The number of nitrogens with one attached hydrogen (secondary N) is 3. The van der Waals surface area contributed by atoms with Gasteiger partial charge in [0.05, 0.1) is 7.11 Å². The third-order valence-electron chi connectivity index (χ3n) is 9.99. The summed E-state index contributed by atoms with van der Waals surface area (Å²) in [6.45, 7) is 7.11. The lowest BCUT2D eigenvalue weighted by Gasteiger charge is -2.53. The molecule has 0 radical (unpaired) electrons. The molecule has 3 saturated heterocycles. The lowest BCUT2D eigenvalue weighted by atomic mass is 9.72. The van der Waals surface area contributed by atoms with E-state index in [1.54, 1.807) is 13.2 Å². The topological polar surface area (TPSA) is 74.9 Å². The van der Waals surface area contributed by atoms with Crippen molar-refractivity contribution < 1.29 is 18.7 Å². The zero-order valence-corrected chi connectivity index (χ0v) is 26.7. The molecule has 1 spiro atoms. The number of nitrogens with zero attached hydrogens (tertiary/aromatic N) is 1. The van der Waals surface area contributed by atoms with Gasteiger partial charge in [-0.1, -0.05) is 31.4 Å². The number of anilines is 1. The molecule has 3 N–H and O–H groups in total. The normalized spacial score (nSPS) is 20.3. The fourth-order valence-electron chi connectivity index (χ4n) is 7.40. The van der Waals surface area contributed by atoms with Gasteiger partial charge in [-0.3, -0.25) is 4.79 Å². The van der Waals surface area contributed by atoms with E-state index in [9.17, 15) is 9.18 Å². The Labute approximate surface area is 263 Å². The van der Waals surface area contributed by atoms with Crippen molar-refractivity contribution in [3.8, 4) is 11.5 Å². The van der Waals surface area contributed by atoms with E-state index >= 15 is 0 Å². The first-order valence-corrected chi connectivity index (χ1v) is 17.0. The van der Waals surface area contributed by atoms with Crippen LogP contribution in [0.2, 0.25) is 0 Å². The Morgan fingerprint density at radius 3 is 2.41 bits per heavy atom. The smallest absolute Gasteiger partial charge is 0.207 e. The molecule has 0 bridgehead atoms. The van der Waals surface area contributed by atoms with Gasteiger partial charge in [-0.05, 0) is 107 Å². The average molecular weight is 609 g/mol. The molecule has 3 aliphatic heterocycles. The maximum absolute atomic E-state index is 14.7. The molecule has 1 saturated carbocycles. The summed E-state index contributed by atoms with van der Waals surface area (Å²) in [5, 5.41) is 9.42. The predicted molar refractivity (Wildman–Crippen MR) is 175 cm³/mol. The van der Waals surface area contributed by atoms with Crippen LogP contribution in [0.5, 0.6) is 11.5 Å². The van der Waals surface area contributed by atoms with E-state index in [0.717, 1.165) is 56.9 Å². The monoisotopic (exact) mass is 608 g/mol. The van der Waals surface area contributed by atoms with Gasteiger partial charge in [0.2, 0.25) is 6.41 Å². The summed E-state index contributed by atoms with van der Waals surface area (Å²) >= 11 is 0. The molecule has 1 atom stereocenters. The number of aryl methyl sites for hydroxylation is 1. The van der Waals surface area contributed by atoms with Crippen molar-refractivity contribution in [3.05, 3.63) is 53.3 Å². The zero-order valence-electron chi connectivity index (χ0n) is 26.7. The molecule has 4 aliphatic rings. The Balaban J connectivity index is 0.000000698. The fraction of sp³-hybridized carbons (Fsp3) is 0.639. The summed E-state index contributed by atoms with van der Waals surface area (Å²) in [6, 6.07) is 11.6. The van der Waals surface area contributed by atoms with Gasteiger partial charge in [0, 0.05) is 49.3 Å². The molecule has 242 valence electrons. The molecule has 8 heteroatoms. The molecule has 7 nitrogen and oxygen atoms in total. The molecule has 0 aromatic heterocycles. The second kappa shape index (κ2) is 16.5. The predicted octanol–water partition coefficient (Wildman–Crippen LogP) is 5.96. The number of hydrogen-bond donors (Lipinski definition) is 3. The maximum Gasteiger partial charge on any atom is 0.207 e. The number of amides is 1. The van der Waals surface area contributed by atoms with Gasteiger partial charge in [0.25, 0.3) is 0 Å². The van der Waals surface area contributed by atoms with E-state index < -0.39 is 0 Å². The first-order valence-electron chi connectivity index (χ1n) is 17.0. The van der Waals surface area contributed by atoms with Crippen LogP contribution in [0.1, 0.15) is 87.7 Å². The van der Waals surface area contributed by atoms with Crippen molar-refractivity contribution >= 4 is 12.1 Å². The molecule has 44 heavy (non-hydrogen) atoms. The lowest BCUT2D eigenvalue weighted by Crippen LogP contribution is -2.60. The standard InChI is InChI=1S/C32H44FN3O3.C4H9N/c1-38-31-10-8-24(17-30(31)25-5-3-2-4-6-25)7-9-28(11-14-35-23-37)39-29-19-26(33)18-27(20-29)36-21-32(22-36)12-15-34-16-13-32;1-2-4-5-3-1/h8,10,17-20,23,25,28,34H,2-7,9,11-16,21-22H2,1H3,(H,35,37);5H,1-4H2. The molecule has 6 rings (SSSR count).